The van der Waals surface area contributed by atoms with Crippen molar-refractivity contribution >= 4 is 27.7 Å². The topological polar surface area (TPSA) is 80.7 Å². The smallest absolute Gasteiger partial charge is 0.331 e. The van der Waals surface area contributed by atoms with Crippen LogP contribution < -0.4 is 0 Å². The molecule has 14 heavy (non-hydrogen) atoms. The summed E-state index contributed by atoms with van der Waals surface area (Å²) in [7, 11) is -3.63. The van der Waals surface area contributed by atoms with Gasteiger partial charge in [-0.3, -0.25) is 4.18 Å². The summed E-state index contributed by atoms with van der Waals surface area (Å²) in [6.45, 7) is 3.24. The second-order valence-corrected chi connectivity index (χ2v) is 4.60. The van der Waals surface area contributed by atoms with Gasteiger partial charge in [0, 0.05) is 12.0 Å². The van der Waals surface area contributed by atoms with Crippen LogP contribution in [0.1, 0.15) is 6.42 Å². The zero-order chi connectivity index (χ0) is 11.4. The molecule has 0 aromatic carbocycles. The molecule has 0 radical (unpaired) electrons. The Labute approximate surface area is 87.4 Å². The van der Waals surface area contributed by atoms with Crippen LogP contribution in [0.5, 0.6) is 0 Å². The maximum absolute atomic E-state index is 10.7. The molecule has 0 heterocycles. The van der Waals surface area contributed by atoms with Crippen LogP contribution in [0.4, 0.5) is 0 Å². The second-order valence-electron chi connectivity index (χ2n) is 2.69. The van der Waals surface area contributed by atoms with Crippen molar-refractivity contribution in [3.05, 3.63) is 12.2 Å². The molecule has 0 saturated carbocycles. The van der Waals surface area contributed by atoms with Crippen LogP contribution >= 0.6 is 11.6 Å². The van der Waals surface area contributed by atoms with Crippen molar-refractivity contribution in [3.63, 3.8) is 0 Å². The molecule has 0 amide bonds. The fourth-order valence-electron chi connectivity index (χ4n) is 0.724. The van der Waals surface area contributed by atoms with Crippen LogP contribution in [0.3, 0.4) is 0 Å². The number of hydrogen-bond acceptors (Lipinski definition) is 4. The van der Waals surface area contributed by atoms with E-state index in [0.717, 1.165) is 6.26 Å². The van der Waals surface area contributed by atoms with Gasteiger partial charge in [-0.15, -0.1) is 11.6 Å². The zero-order valence-corrected chi connectivity index (χ0v) is 9.14. The predicted octanol–water partition coefficient (Wildman–Crippen LogP) is 0.601. The third-order valence-corrected chi connectivity index (χ3v) is 2.23. The monoisotopic (exact) mass is 242 g/mol. The number of rotatable bonds is 6. The van der Waals surface area contributed by atoms with E-state index < -0.39 is 22.2 Å². The number of carboxylic acids is 1. The number of hydrogen-bond donors (Lipinski definition) is 1. The molecule has 0 unspecified atom stereocenters. The third kappa shape index (κ3) is 5.95. The molecule has 0 saturated heterocycles. The highest BCUT2D eigenvalue weighted by Gasteiger charge is 2.18. The van der Waals surface area contributed by atoms with Crippen molar-refractivity contribution in [1.29, 1.82) is 0 Å². The maximum Gasteiger partial charge on any atom is 0.331 e. The van der Waals surface area contributed by atoms with E-state index >= 15 is 0 Å². The fourth-order valence-corrected chi connectivity index (χ4v) is 1.60. The fraction of sp³-hybridized carbons (Fsp3) is 0.571. The van der Waals surface area contributed by atoms with Crippen LogP contribution in [0.2, 0.25) is 0 Å². The molecule has 0 aromatic rings. The van der Waals surface area contributed by atoms with E-state index in [0.29, 0.717) is 0 Å². The normalized spacial score (nSPS) is 13.6. The van der Waals surface area contributed by atoms with Crippen molar-refractivity contribution < 1.29 is 22.5 Å². The number of alkyl halides is 1. The van der Waals surface area contributed by atoms with Crippen LogP contribution in [0.15, 0.2) is 12.2 Å². The highest BCUT2D eigenvalue weighted by molar-refractivity contribution is 7.86. The van der Waals surface area contributed by atoms with Crippen molar-refractivity contribution in [2.45, 2.75) is 12.5 Å². The first kappa shape index (κ1) is 13.4. The Bertz CT molecular complexity index is 321. The van der Waals surface area contributed by atoms with Gasteiger partial charge in [-0.05, 0) is 0 Å². The van der Waals surface area contributed by atoms with Crippen LogP contribution in [-0.4, -0.2) is 37.7 Å². The molecule has 0 aliphatic heterocycles. The minimum Gasteiger partial charge on any atom is -0.478 e. The standard InChI is InChI=1S/C7H11ClO5S/c1-5(7(9)10)3-6(4-8)13-14(2,11)12/h6H,1,3-4H2,2H3,(H,9,10)/t6-/m0/s1. The summed E-state index contributed by atoms with van der Waals surface area (Å²) in [4.78, 5) is 10.4. The van der Waals surface area contributed by atoms with Gasteiger partial charge in [0.15, 0.2) is 0 Å². The van der Waals surface area contributed by atoms with Gasteiger partial charge >= 0.3 is 5.97 Å². The van der Waals surface area contributed by atoms with Crippen LogP contribution in [0, 0.1) is 0 Å². The first-order valence-electron chi connectivity index (χ1n) is 3.61. The van der Waals surface area contributed by atoms with E-state index in [1.54, 1.807) is 0 Å². The molecule has 82 valence electrons. The Morgan fingerprint density at radius 1 is 1.64 bits per heavy atom. The van der Waals surface area contributed by atoms with Gasteiger partial charge in [0.05, 0.1) is 18.2 Å². The van der Waals surface area contributed by atoms with Gasteiger partial charge in [-0.2, -0.15) is 8.42 Å². The summed E-state index contributed by atoms with van der Waals surface area (Å²) < 4.78 is 25.9. The minimum atomic E-state index is -3.63. The van der Waals surface area contributed by atoms with E-state index in [4.69, 9.17) is 16.7 Å². The Balaban J connectivity index is 4.31. The summed E-state index contributed by atoms with van der Waals surface area (Å²) in [6.07, 6.45) is -0.127. The molecule has 5 nitrogen and oxygen atoms in total. The first-order chi connectivity index (χ1) is 6.26. The lowest BCUT2D eigenvalue weighted by molar-refractivity contribution is -0.133. The predicted molar refractivity (Wildman–Crippen MR) is 51.8 cm³/mol. The molecule has 0 fully saturated rings. The summed E-state index contributed by atoms with van der Waals surface area (Å²) >= 11 is 5.40. The van der Waals surface area contributed by atoms with E-state index in [9.17, 15) is 13.2 Å². The van der Waals surface area contributed by atoms with Crippen molar-refractivity contribution in [3.8, 4) is 0 Å². The molecule has 0 aliphatic carbocycles. The average molecular weight is 243 g/mol. The van der Waals surface area contributed by atoms with Gasteiger partial charge in [0.2, 0.25) is 0 Å². The zero-order valence-electron chi connectivity index (χ0n) is 7.57. The molecule has 7 heteroatoms. The van der Waals surface area contributed by atoms with E-state index in [-0.39, 0.29) is 17.9 Å². The molecule has 0 aromatic heterocycles. The number of aliphatic carboxylic acids is 1. The lowest BCUT2D eigenvalue weighted by Gasteiger charge is -2.12. The van der Waals surface area contributed by atoms with E-state index in [1.807, 2.05) is 0 Å². The van der Waals surface area contributed by atoms with Crippen LogP contribution in [0.25, 0.3) is 0 Å². The Kier molecular flexibility index (Phi) is 5.11. The molecule has 0 bridgehead atoms. The highest BCUT2D eigenvalue weighted by atomic mass is 35.5. The maximum atomic E-state index is 10.7. The van der Waals surface area contributed by atoms with Crippen molar-refractivity contribution in [2.24, 2.45) is 0 Å². The Morgan fingerprint density at radius 3 is 2.43 bits per heavy atom. The van der Waals surface area contributed by atoms with Gasteiger partial charge in [0.1, 0.15) is 0 Å². The second kappa shape index (κ2) is 5.33. The molecule has 1 N–H and O–H groups in total. The summed E-state index contributed by atoms with van der Waals surface area (Å²) in [5.74, 6) is -1.31. The quantitative estimate of drug-likeness (QED) is 0.419. The molecular weight excluding hydrogens is 232 g/mol. The molecular formula is C7H11ClO5S. The summed E-state index contributed by atoms with van der Waals surface area (Å²) in [5, 5.41) is 8.48. The van der Waals surface area contributed by atoms with Gasteiger partial charge in [-0.1, -0.05) is 6.58 Å². The van der Waals surface area contributed by atoms with Crippen molar-refractivity contribution in [2.75, 3.05) is 12.1 Å². The summed E-state index contributed by atoms with van der Waals surface area (Å²) in [6, 6.07) is 0. The van der Waals surface area contributed by atoms with Crippen LogP contribution in [-0.2, 0) is 19.1 Å². The van der Waals surface area contributed by atoms with Gasteiger partial charge < -0.3 is 5.11 Å². The number of carboxylic acid groups (broad SMARTS) is 1. The summed E-state index contributed by atoms with van der Waals surface area (Å²) in [5.41, 5.74) is -0.140. The molecule has 0 spiro atoms. The third-order valence-electron chi connectivity index (χ3n) is 1.26. The largest absolute Gasteiger partial charge is 0.478 e. The van der Waals surface area contributed by atoms with E-state index in [1.165, 1.54) is 0 Å². The Morgan fingerprint density at radius 2 is 2.14 bits per heavy atom. The molecule has 1 atom stereocenters. The molecule has 0 rings (SSSR count). The molecule has 0 aliphatic rings. The highest BCUT2D eigenvalue weighted by Crippen LogP contribution is 2.11. The number of halogens is 1. The SMILES string of the molecule is C=C(C[C@@H](CCl)OS(C)(=O)=O)C(=O)O. The minimum absolute atomic E-state index is 0.112. The van der Waals surface area contributed by atoms with E-state index in [2.05, 4.69) is 10.8 Å². The first-order valence-corrected chi connectivity index (χ1v) is 5.96. The number of carbonyl (C=O) groups is 1. The lowest BCUT2D eigenvalue weighted by Crippen LogP contribution is -2.21. The average Bonchev–Trinajstić information content (AvgIpc) is 2.00. The Hall–Kier alpha value is -0.590. The van der Waals surface area contributed by atoms with Gasteiger partial charge in [0.25, 0.3) is 10.1 Å². The lowest BCUT2D eigenvalue weighted by atomic mass is 10.1. The van der Waals surface area contributed by atoms with Crippen molar-refractivity contribution in [1.82, 2.24) is 0 Å². The van der Waals surface area contributed by atoms with Gasteiger partial charge in [-0.25, -0.2) is 4.79 Å².